The Balaban J connectivity index is 1.65. The maximum Gasteiger partial charge on any atom is 0.172 e. The summed E-state index contributed by atoms with van der Waals surface area (Å²) in [6.07, 6.45) is 0.280. The number of rotatable bonds is 7. The number of Topliss-reactive ketones (excluding diaryl/α,β-unsaturated/α-hetero) is 1. The lowest BCUT2D eigenvalue weighted by Crippen LogP contribution is -2.37. The average molecular weight is 401 g/mol. The van der Waals surface area contributed by atoms with Gasteiger partial charge in [0.2, 0.25) is 0 Å². The Hall–Kier alpha value is -2.71. The molecule has 0 unspecified atom stereocenters. The van der Waals surface area contributed by atoms with Crippen molar-refractivity contribution in [2.75, 3.05) is 7.05 Å². The van der Waals surface area contributed by atoms with Crippen molar-refractivity contribution in [2.45, 2.75) is 31.3 Å². The molecule has 0 saturated heterocycles. The number of sulfone groups is 1. The van der Waals surface area contributed by atoms with E-state index in [1.807, 2.05) is 31.3 Å². The molecule has 0 bridgehead atoms. The van der Waals surface area contributed by atoms with E-state index in [4.69, 9.17) is 0 Å². The molecule has 3 rings (SSSR count). The Morgan fingerprint density at radius 3 is 2.18 bits per heavy atom. The summed E-state index contributed by atoms with van der Waals surface area (Å²) >= 11 is 0. The van der Waals surface area contributed by atoms with Gasteiger partial charge in [0.05, 0.1) is 11.0 Å². The Kier molecular flexibility index (Phi) is 5.81. The quantitative estimate of drug-likeness (QED) is 0.692. The second kappa shape index (κ2) is 8.12. The first-order valence-corrected chi connectivity index (χ1v) is 10.7. The van der Waals surface area contributed by atoms with Crippen molar-refractivity contribution in [3.8, 4) is 0 Å². The molecule has 0 atom stereocenters. The first-order valence-electron chi connectivity index (χ1n) is 9.01. The number of hydrazine groups is 2. The van der Waals surface area contributed by atoms with E-state index in [2.05, 4.69) is 16.2 Å². The molecule has 28 heavy (non-hydrogen) atoms. The van der Waals surface area contributed by atoms with Gasteiger partial charge >= 0.3 is 0 Å². The highest BCUT2D eigenvalue weighted by Crippen LogP contribution is 2.15. The largest absolute Gasteiger partial charge is 0.294 e. The zero-order valence-electron chi connectivity index (χ0n) is 16.1. The van der Waals surface area contributed by atoms with Crippen LogP contribution in [0.15, 0.2) is 53.6 Å². The number of benzene rings is 2. The summed E-state index contributed by atoms with van der Waals surface area (Å²) in [4.78, 5) is 12.5. The van der Waals surface area contributed by atoms with E-state index in [0.717, 1.165) is 17.0 Å². The molecule has 8 heteroatoms. The smallest absolute Gasteiger partial charge is 0.172 e. The Morgan fingerprint density at radius 2 is 1.64 bits per heavy atom. The molecule has 0 fully saturated rings. The standard InChI is InChI=1S/C20H24N4O3S/c1-14(2)28(26,27)13-16-6-8-17(9-7-16)19(25)12-15-4-10-18(11-5-15)20-21-22-23-24(20)3/h4-11,14,22-23H,12-13H2,1-3H3. The van der Waals surface area contributed by atoms with Gasteiger partial charge in [-0.1, -0.05) is 48.5 Å². The van der Waals surface area contributed by atoms with E-state index in [1.54, 1.807) is 43.1 Å². The van der Waals surface area contributed by atoms with Gasteiger partial charge in [-0.15, -0.1) is 10.6 Å². The van der Waals surface area contributed by atoms with Crippen molar-refractivity contribution in [1.82, 2.24) is 16.1 Å². The fraction of sp³-hybridized carbons (Fsp3) is 0.300. The van der Waals surface area contributed by atoms with Crippen molar-refractivity contribution < 1.29 is 13.2 Å². The summed E-state index contributed by atoms with van der Waals surface area (Å²) in [7, 11) is -1.30. The van der Waals surface area contributed by atoms with Crippen LogP contribution in [-0.2, 0) is 22.0 Å². The number of hydrazone groups is 1. The van der Waals surface area contributed by atoms with Gasteiger partial charge < -0.3 is 0 Å². The van der Waals surface area contributed by atoms with Crippen molar-refractivity contribution in [1.29, 1.82) is 0 Å². The number of nitrogens with one attached hydrogen (secondary N) is 2. The van der Waals surface area contributed by atoms with Crippen LogP contribution in [0.2, 0.25) is 0 Å². The van der Waals surface area contributed by atoms with Crippen molar-refractivity contribution >= 4 is 21.5 Å². The average Bonchev–Trinajstić information content (AvgIpc) is 3.08. The molecule has 0 saturated carbocycles. The van der Waals surface area contributed by atoms with Gasteiger partial charge in [-0.3, -0.25) is 9.80 Å². The third-order valence-corrected chi connectivity index (χ3v) is 6.81. The molecule has 0 radical (unpaired) electrons. The molecule has 2 N–H and O–H groups in total. The van der Waals surface area contributed by atoms with Crippen molar-refractivity contribution in [2.24, 2.45) is 5.10 Å². The first kappa shape index (κ1) is 20.0. The van der Waals surface area contributed by atoms with Gasteiger partial charge in [0.1, 0.15) is 0 Å². The van der Waals surface area contributed by atoms with Gasteiger partial charge in [-0.05, 0) is 25.0 Å². The molecule has 2 aromatic carbocycles. The lowest BCUT2D eigenvalue weighted by molar-refractivity contribution is 0.0993. The summed E-state index contributed by atoms with van der Waals surface area (Å²) in [5.41, 5.74) is 8.64. The highest BCUT2D eigenvalue weighted by Gasteiger charge is 2.17. The predicted molar refractivity (Wildman–Crippen MR) is 109 cm³/mol. The zero-order valence-corrected chi connectivity index (χ0v) is 17.0. The summed E-state index contributed by atoms with van der Waals surface area (Å²) in [5, 5.41) is 5.49. The monoisotopic (exact) mass is 400 g/mol. The Morgan fingerprint density at radius 1 is 1.04 bits per heavy atom. The van der Waals surface area contributed by atoms with Crippen molar-refractivity contribution in [3.05, 3.63) is 70.8 Å². The number of ketones is 1. The lowest BCUT2D eigenvalue weighted by atomic mass is 10.0. The molecule has 0 spiro atoms. The number of amidine groups is 1. The number of hydrogen-bond acceptors (Lipinski definition) is 7. The molecule has 1 aliphatic rings. The Labute approximate surface area is 165 Å². The van der Waals surface area contributed by atoms with Crippen LogP contribution < -0.4 is 11.1 Å². The molecule has 1 heterocycles. The third-order valence-electron chi connectivity index (χ3n) is 4.64. The van der Waals surface area contributed by atoms with Crippen molar-refractivity contribution in [3.63, 3.8) is 0 Å². The van der Waals surface area contributed by atoms with Crippen LogP contribution in [0.3, 0.4) is 0 Å². The zero-order chi connectivity index (χ0) is 20.3. The molecule has 0 amide bonds. The molecule has 2 aromatic rings. The second-order valence-electron chi connectivity index (χ2n) is 7.07. The van der Waals surface area contributed by atoms with Crippen LogP contribution in [0.4, 0.5) is 0 Å². The number of nitrogens with zero attached hydrogens (tertiary/aromatic N) is 2. The minimum atomic E-state index is -3.15. The van der Waals surface area contributed by atoms with Gasteiger partial charge in [0.15, 0.2) is 21.5 Å². The Bertz CT molecular complexity index is 981. The second-order valence-corrected chi connectivity index (χ2v) is 9.62. The topological polar surface area (TPSA) is 90.9 Å². The lowest BCUT2D eigenvalue weighted by Gasteiger charge is -2.12. The maximum absolute atomic E-state index is 12.5. The third kappa shape index (κ3) is 4.58. The molecule has 1 aliphatic heterocycles. The summed E-state index contributed by atoms with van der Waals surface area (Å²) in [5.74, 6) is 0.748. The number of carbonyl (C=O) groups excluding carboxylic acids is 1. The maximum atomic E-state index is 12.5. The molecule has 7 nitrogen and oxygen atoms in total. The van der Waals surface area contributed by atoms with Crippen LogP contribution in [0.1, 0.15) is 40.9 Å². The minimum absolute atomic E-state index is 0.00956. The normalized spacial score (nSPS) is 14.1. The van der Waals surface area contributed by atoms with Gasteiger partial charge in [0.25, 0.3) is 0 Å². The van der Waals surface area contributed by atoms with E-state index in [0.29, 0.717) is 11.1 Å². The molecular formula is C20H24N4O3S. The number of hydrogen-bond donors (Lipinski definition) is 2. The van der Waals surface area contributed by atoms with Gasteiger partial charge in [-0.2, -0.15) is 0 Å². The van der Waals surface area contributed by atoms with E-state index >= 15 is 0 Å². The highest BCUT2D eigenvalue weighted by molar-refractivity contribution is 7.91. The SMILES string of the molecule is CC(C)S(=O)(=O)Cc1ccc(C(=O)Cc2ccc(C3=NNNN3C)cc2)cc1. The van der Waals surface area contributed by atoms with E-state index < -0.39 is 15.1 Å². The first-order chi connectivity index (χ1) is 13.3. The molecular weight excluding hydrogens is 376 g/mol. The fourth-order valence-electron chi connectivity index (χ4n) is 2.78. The summed E-state index contributed by atoms with van der Waals surface area (Å²) in [6.45, 7) is 3.34. The van der Waals surface area contributed by atoms with Crippen LogP contribution in [0.5, 0.6) is 0 Å². The molecule has 148 valence electrons. The summed E-state index contributed by atoms with van der Waals surface area (Å²) < 4.78 is 24.0. The van der Waals surface area contributed by atoms with Crippen LogP contribution >= 0.6 is 0 Å². The van der Waals surface area contributed by atoms with Crippen LogP contribution in [-0.4, -0.2) is 37.3 Å². The minimum Gasteiger partial charge on any atom is -0.294 e. The van der Waals surface area contributed by atoms with Crippen LogP contribution in [0.25, 0.3) is 0 Å². The number of carbonyl (C=O) groups is 1. The van der Waals surface area contributed by atoms with E-state index in [9.17, 15) is 13.2 Å². The van der Waals surface area contributed by atoms with Gasteiger partial charge in [-0.25, -0.2) is 14.0 Å². The highest BCUT2D eigenvalue weighted by atomic mass is 32.2. The van der Waals surface area contributed by atoms with E-state index in [-0.39, 0.29) is 18.0 Å². The fourth-order valence-corrected chi connectivity index (χ4v) is 3.77. The molecule has 0 aliphatic carbocycles. The predicted octanol–water partition coefficient (Wildman–Crippen LogP) is 2.05. The van der Waals surface area contributed by atoms with Crippen LogP contribution in [0, 0.1) is 0 Å². The molecule has 0 aromatic heterocycles. The van der Waals surface area contributed by atoms with Gasteiger partial charge in [0, 0.05) is 24.6 Å². The summed E-state index contributed by atoms with van der Waals surface area (Å²) in [6, 6.07) is 14.5. The van der Waals surface area contributed by atoms with E-state index in [1.165, 1.54) is 0 Å².